The van der Waals surface area contributed by atoms with Gasteiger partial charge in [0.15, 0.2) is 0 Å². The molecule has 0 aliphatic rings. The van der Waals surface area contributed by atoms with Gasteiger partial charge in [0.1, 0.15) is 0 Å². The number of amides is 1. The minimum atomic E-state index is 0.0903. The zero-order valence-electron chi connectivity index (χ0n) is 10.2. The largest absolute Gasteiger partial charge is 0.354 e. The van der Waals surface area contributed by atoms with Gasteiger partial charge in [-0.1, -0.05) is 0 Å². The van der Waals surface area contributed by atoms with E-state index in [1.807, 2.05) is 31.6 Å². The number of aromatic nitrogens is 2. The maximum Gasteiger partial charge on any atom is 0.221 e. The lowest BCUT2D eigenvalue weighted by Gasteiger charge is -2.08. The highest BCUT2D eigenvalue weighted by atomic mass is 16.1. The summed E-state index contributed by atoms with van der Waals surface area (Å²) in [4.78, 5) is 11.3. The molecule has 16 heavy (non-hydrogen) atoms. The molecule has 0 saturated carbocycles. The van der Waals surface area contributed by atoms with Gasteiger partial charge < -0.3 is 10.6 Å². The average molecular weight is 224 g/mol. The molecule has 0 bridgehead atoms. The van der Waals surface area contributed by atoms with Crippen LogP contribution in [0.25, 0.3) is 0 Å². The van der Waals surface area contributed by atoms with Crippen molar-refractivity contribution in [2.24, 2.45) is 7.05 Å². The number of aryl methyl sites for hydroxylation is 1. The third-order valence-electron chi connectivity index (χ3n) is 2.21. The Hall–Kier alpha value is -1.36. The van der Waals surface area contributed by atoms with Crippen LogP contribution in [-0.4, -0.2) is 28.3 Å². The van der Waals surface area contributed by atoms with E-state index < -0.39 is 0 Å². The Morgan fingerprint density at radius 1 is 1.56 bits per heavy atom. The quantitative estimate of drug-likeness (QED) is 0.689. The minimum absolute atomic E-state index is 0.0903. The number of hydrogen-bond donors (Lipinski definition) is 2. The summed E-state index contributed by atoms with van der Waals surface area (Å²) in [5.74, 6) is 0.0903. The Bertz CT molecular complexity index is 332. The Balaban J connectivity index is 2.13. The van der Waals surface area contributed by atoms with E-state index in [4.69, 9.17) is 0 Å². The number of rotatable bonds is 6. The molecule has 0 aromatic carbocycles. The van der Waals surface area contributed by atoms with Gasteiger partial charge in [-0.15, -0.1) is 0 Å². The first-order chi connectivity index (χ1) is 7.59. The average Bonchev–Trinajstić information content (AvgIpc) is 2.58. The van der Waals surface area contributed by atoms with Gasteiger partial charge in [0, 0.05) is 38.8 Å². The molecule has 0 unspecified atom stereocenters. The Morgan fingerprint density at radius 2 is 2.31 bits per heavy atom. The fraction of sp³-hybridized carbons (Fsp3) is 0.636. The second kappa shape index (κ2) is 6.27. The van der Waals surface area contributed by atoms with Gasteiger partial charge >= 0.3 is 0 Å². The van der Waals surface area contributed by atoms with Crippen LogP contribution < -0.4 is 10.6 Å². The number of hydrogen-bond acceptors (Lipinski definition) is 3. The molecule has 90 valence electrons. The highest BCUT2D eigenvalue weighted by Gasteiger charge is 2.02. The van der Waals surface area contributed by atoms with Crippen LogP contribution >= 0.6 is 0 Å². The summed E-state index contributed by atoms with van der Waals surface area (Å²) < 4.78 is 1.82. The maximum absolute atomic E-state index is 11.3. The lowest BCUT2D eigenvalue weighted by molar-refractivity contribution is -0.121. The van der Waals surface area contributed by atoms with E-state index in [1.165, 1.54) is 0 Å². The van der Waals surface area contributed by atoms with Crippen molar-refractivity contribution >= 4 is 5.91 Å². The summed E-state index contributed by atoms with van der Waals surface area (Å²) in [5.41, 5.74) is 1.12. The molecule has 1 heterocycles. The van der Waals surface area contributed by atoms with Gasteiger partial charge in [0.2, 0.25) is 5.91 Å². The highest BCUT2D eigenvalue weighted by Crippen LogP contribution is 1.94. The molecule has 0 spiro atoms. The summed E-state index contributed by atoms with van der Waals surface area (Å²) in [7, 11) is 1.91. The first-order valence-corrected chi connectivity index (χ1v) is 5.56. The second-order valence-corrected chi connectivity index (χ2v) is 4.10. The Morgan fingerprint density at radius 3 is 2.88 bits per heavy atom. The van der Waals surface area contributed by atoms with Crippen molar-refractivity contribution in [3.63, 3.8) is 0 Å². The zero-order valence-corrected chi connectivity index (χ0v) is 10.2. The molecule has 1 rings (SSSR count). The van der Waals surface area contributed by atoms with E-state index >= 15 is 0 Å². The van der Waals surface area contributed by atoms with Crippen LogP contribution in [0.1, 0.15) is 26.0 Å². The molecule has 2 N–H and O–H groups in total. The van der Waals surface area contributed by atoms with E-state index in [-0.39, 0.29) is 11.9 Å². The van der Waals surface area contributed by atoms with E-state index in [2.05, 4.69) is 15.7 Å². The molecule has 0 aliphatic heterocycles. The molecule has 0 aliphatic carbocycles. The van der Waals surface area contributed by atoms with Gasteiger partial charge in [-0.05, 0) is 19.9 Å². The first-order valence-electron chi connectivity index (χ1n) is 5.56. The molecular formula is C11H20N4O. The van der Waals surface area contributed by atoms with Crippen molar-refractivity contribution < 1.29 is 4.79 Å². The molecule has 1 aromatic heterocycles. The predicted molar refractivity (Wildman–Crippen MR) is 62.8 cm³/mol. The standard InChI is InChI=1S/C11H20N4O/c1-9(2)14-11(16)5-6-12-8-10-4-7-13-15(10)3/h4,7,9,12H,5-6,8H2,1-3H3,(H,14,16). The van der Waals surface area contributed by atoms with Crippen LogP contribution in [-0.2, 0) is 18.4 Å². The third-order valence-corrected chi connectivity index (χ3v) is 2.21. The van der Waals surface area contributed by atoms with Crippen molar-refractivity contribution in [1.82, 2.24) is 20.4 Å². The van der Waals surface area contributed by atoms with E-state index in [0.29, 0.717) is 13.0 Å². The SMILES string of the molecule is CC(C)NC(=O)CCNCc1ccnn1C. The zero-order chi connectivity index (χ0) is 12.0. The number of nitrogens with zero attached hydrogens (tertiary/aromatic N) is 2. The lowest BCUT2D eigenvalue weighted by atomic mass is 10.3. The number of carbonyl (C=O) groups is 1. The van der Waals surface area contributed by atoms with Crippen LogP contribution in [0.3, 0.4) is 0 Å². The van der Waals surface area contributed by atoms with Gasteiger partial charge in [0.25, 0.3) is 0 Å². The lowest BCUT2D eigenvalue weighted by Crippen LogP contribution is -2.32. The molecular weight excluding hydrogens is 204 g/mol. The smallest absolute Gasteiger partial charge is 0.221 e. The molecule has 5 heteroatoms. The molecule has 0 radical (unpaired) electrons. The summed E-state index contributed by atoms with van der Waals surface area (Å²) in [6.07, 6.45) is 2.28. The second-order valence-electron chi connectivity index (χ2n) is 4.10. The minimum Gasteiger partial charge on any atom is -0.354 e. The third kappa shape index (κ3) is 4.44. The van der Waals surface area contributed by atoms with E-state index in [9.17, 15) is 4.79 Å². The van der Waals surface area contributed by atoms with Gasteiger partial charge in [0.05, 0.1) is 5.69 Å². The van der Waals surface area contributed by atoms with Crippen molar-refractivity contribution in [3.05, 3.63) is 18.0 Å². The van der Waals surface area contributed by atoms with Crippen LogP contribution in [0.15, 0.2) is 12.3 Å². The van der Waals surface area contributed by atoms with Crippen molar-refractivity contribution in [2.75, 3.05) is 6.54 Å². The Kier molecular flexibility index (Phi) is 4.98. The number of nitrogens with one attached hydrogen (secondary N) is 2. The summed E-state index contributed by atoms with van der Waals surface area (Å²) in [5, 5.41) is 10.1. The van der Waals surface area contributed by atoms with Crippen molar-refractivity contribution in [2.45, 2.75) is 32.9 Å². The van der Waals surface area contributed by atoms with Gasteiger partial charge in [-0.2, -0.15) is 5.10 Å². The topological polar surface area (TPSA) is 59.0 Å². The highest BCUT2D eigenvalue weighted by molar-refractivity contribution is 5.76. The molecule has 5 nitrogen and oxygen atoms in total. The number of carbonyl (C=O) groups excluding carboxylic acids is 1. The summed E-state index contributed by atoms with van der Waals surface area (Å²) in [6, 6.07) is 2.17. The Labute approximate surface area is 96.2 Å². The fourth-order valence-corrected chi connectivity index (χ4v) is 1.39. The fourth-order valence-electron chi connectivity index (χ4n) is 1.39. The van der Waals surface area contributed by atoms with Crippen LogP contribution in [0.4, 0.5) is 0 Å². The van der Waals surface area contributed by atoms with Crippen LogP contribution in [0.2, 0.25) is 0 Å². The van der Waals surface area contributed by atoms with Crippen molar-refractivity contribution in [1.29, 1.82) is 0 Å². The first kappa shape index (κ1) is 12.7. The van der Waals surface area contributed by atoms with E-state index in [1.54, 1.807) is 6.20 Å². The summed E-state index contributed by atoms with van der Waals surface area (Å²) >= 11 is 0. The molecule has 0 fully saturated rings. The van der Waals surface area contributed by atoms with E-state index in [0.717, 1.165) is 12.2 Å². The summed E-state index contributed by atoms with van der Waals surface area (Å²) in [6.45, 7) is 5.34. The monoisotopic (exact) mass is 224 g/mol. The molecule has 1 amide bonds. The molecule has 1 aromatic rings. The predicted octanol–water partition coefficient (Wildman–Crippen LogP) is 0.424. The van der Waals surface area contributed by atoms with Crippen LogP contribution in [0, 0.1) is 0 Å². The molecule has 0 saturated heterocycles. The van der Waals surface area contributed by atoms with Gasteiger partial charge in [-0.3, -0.25) is 9.48 Å². The van der Waals surface area contributed by atoms with Crippen molar-refractivity contribution in [3.8, 4) is 0 Å². The van der Waals surface area contributed by atoms with Gasteiger partial charge in [-0.25, -0.2) is 0 Å². The maximum atomic E-state index is 11.3. The van der Waals surface area contributed by atoms with Crippen LogP contribution in [0.5, 0.6) is 0 Å². The normalized spacial score (nSPS) is 10.8. The molecule has 0 atom stereocenters.